The van der Waals surface area contributed by atoms with Crippen LogP contribution in [0.3, 0.4) is 0 Å². The largest absolute Gasteiger partial charge is 0.481 e. The van der Waals surface area contributed by atoms with Gasteiger partial charge in [-0.1, -0.05) is 0 Å². The van der Waals surface area contributed by atoms with Gasteiger partial charge >= 0.3 is 5.97 Å². The minimum atomic E-state index is -1.22. The summed E-state index contributed by atoms with van der Waals surface area (Å²) in [4.78, 5) is 39.2. The molecule has 0 aromatic rings. The minimum absolute atomic E-state index is 0.0282. The summed E-state index contributed by atoms with van der Waals surface area (Å²) in [6, 6.07) is 0. The molecule has 0 aliphatic carbocycles. The first kappa shape index (κ1) is 17.2. The van der Waals surface area contributed by atoms with Crippen LogP contribution in [0.1, 0.15) is 19.8 Å². The Morgan fingerprint density at radius 2 is 1.89 bits per heavy atom. The smallest absolute Gasteiger partial charge is 0.307 e. The maximum Gasteiger partial charge on any atom is 0.307 e. The zero-order chi connectivity index (χ0) is 15.0. The van der Waals surface area contributed by atoms with Crippen molar-refractivity contribution in [3.63, 3.8) is 0 Å². The van der Waals surface area contributed by atoms with Crippen molar-refractivity contribution in [3.05, 3.63) is 20.2 Å². The van der Waals surface area contributed by atoms with E-state index in [0.717, 1.165) is 0 Å². The molecule has 0 bridgehead atoms. The molecular formula is C8H13ClN2O8. The van der Waals surface area contributed by atoms with Crippen molar-refractivity contribution >= 4 is 17.6 Å². The van der Waals surface area contributed by atoms with Crippen LogP contribution in [0.5, 0.6) is 0 Å². The van der Waals surface area contributed by atoms with Gasteiger partial charge in [0.25, 0.3) is 10.2 Å². The van der Waals surface area contributed by atoms with Crippen LogP contribution in [0, 0.1) is 26.1 Å². The summed E-state index contributed by atoms with van der Waals surface area (Å²) in [7, 11) is 0. The van der Waals surface area contributed by atoms with Crippen LogP contribution in [0.2, 0.25) is 0 Å². The van der Waals surface area contributed by atoms with Gasteiger partial charge in [-0.3, -0.25) is 4.79 Å². The number of aliphatic carboxylic acids is 1. The van der Waals surface area contributed by atoms with Gasteiger partial charge in [0.2, 0.25) is 0 Å². The van der Waals surface area contributed by atoms with Gasteiger partial charge in [-0.05, 0) is 19.8 Å². The third-order valence-electron chi connectivity index (χ3n) is 2.27. The van der Waals surface area contributed by atoms with Crippen molar-refractivity contribution < 1.29 is 29.7 Å². The second-order valence-corrected chi connectivity index (χ2v) is 4.36. The second kappa shape index (κ2) is 8.29. The molecule has 0 aliphatic heterocycles. The molecule has 0 saturated carbocycles. The Hall–Kier alpha value is -1.84. The first-order chi connectivity index (χ1) is 8.73. The predicted molar refractivity (Wildman–Crippen MR) is 60.5 cm³/mol. The van der Waals surface area contributed by atoms with Crippen molar-refractivity contribution in [2.75, 3.05) is 6.61 Å². The summed E-state index contributed by atoms with van der Waals surface area (Å²) in [5.41, 5.74) is 0. The summed E-state index contributed by atoms with van der Waals surface area (Å²) in [5, 5.41) is 26.1. The maximum absolute atomic E-state index is 10.8. The fourth-order valence-electron chi connectivity index (χ4n) is 1.35. The predicted octanol–water partition coefficient (Wildman–Crippen LogP) is 0.880. The Morgan fingerprint density at radius 3 is 2.26 bits per heavy atom. The molecule has 1 N–H and O–H groups in total. The normalized spacial score (nSPS) is 15.1. The van der Waals surface area contributed by atoms with Crippen LogP contribution >= 0.6 is 11.6 Å². The Balaban J connectivity index is 4.41. The molecule has 0 radical (unpaired) electrons. The summed E-state index contributed by atoms with van der Waals surface area (Å²) in [6.45, 7) is 0.814. The molecule has 0 aromatic heterocycles. The van der Waals surface area contributed by atoms with Crippen molar-refractivity contribution in [3.8, 4) is 0 Å². The van der Waals surface area contributed by atoms with E-state index in [4.69, 9.17) is 16.7 Å². The topological polar surface area (TPSA) is 142 Å². The number of carboxylic acids is 1. The average Bonchev–Trinajstić information content (AvgIpc) is 2.23. The van der Waals surface area contributed by atoms with Crippen molar-refractivity contribution in [2.24, 2.45) is 5.92 Å². The quantitative estimate of drug-likeness (QED) is 0.356. The molecular weight excluding hydrogens is 288 g/mol. The monoisotopic (exact) mass is 300 g/mol. The first-order valence-corrected chi connectivity index (χ1v) is 5.63. The number of carboxylic acid groups (broad SMARTS) is 1. The SMILES string of the molecule is CC(Cl)C(CC[C@H](CO[N+](=O)[O-])O[N+](=O)[O-])C(=O)O. The van der Waals surface area contributed by atoms with E-state index in [9.17, 15) is 25.0 Å². The Kier molecular flexibility index (Phi) is 7.49. The van der Waals surface area contributed by atoms with E-state index in [2.05, 4.69) is 9.68 Å². The van der Waals surface area contributed by atoms with E-state index in [1.165, 1.54) is 6.92 Å². The zero-order valence-electron chi connectivity index (χ0n) is 9.93. The number of rotatable bonds is 10. The van der Waals surface area contributed by atoms with Gasteiger partial charge in [-0.25, -0.2) is 0 Å². The van der Waals surface area contributed by atoms with Gasteiger partial charge in [-0.2, -0.15) is 0 Å². The molecule has 0 aromatic carbocycles. The molecule has 0 spiro atoms. The highest BCUT2D eigenvalue weighted by Crippen LogP contribution is 2.19. The third-order valence-corrected chi connectivity index (χ3v) is 2.58. The molecule has 11 heteroatoms. The maximum atomic E-state index is 10.8. The molecule has 0 saturated heterocycles. The Labute approximate surface area is 112 Å². The van der Waals surface area contributed by atoms with Crippen LogP contribution in [0.4, 0.5) is 0 Å². The van der Waals surface area contributed by atoms with Crippen LogP contribution in [-0.2, 0) is 14.5 Å². The van der Waals surface area contributed by atoms with E-state index in [0.29, 0.717) is 0 Å². The molecule has 0 rings (SSSR count). The fourth-order valence-corrected chi connectivity index (χ4v) is 1.58. The number of halogens is 1. The lowest BCUT2D eigenvalue weighted by molar-refractivity contribution is -0.790. The van der Waals surface area contributed by atoms with E-state index < -0.39 is 40.1 Å². The van der Waals surface area contributed by atoms with Crippen LogP contribution in [0.15, 0.2) is 0 Å². The van der Waals surface area contributed by atoms with Crippen LogP contribution in [0.25, 0.3) is 0 Å². The van der Waals surface area contributed by atoms with Crippen LogP contribution < -0.4 is 0 Å². The lowest BCUT2D eigenvalue weighted by Crippen LogP contribution is -2.28. The molecule has 19 heavy (non-hydrogen) atoms. The zero-order valence-corrected chi connectivity index (χ0v) is 10.7. The van der Waals surface area contributed by atoms with E-state index in [1.54, 1.807) is 0 Å². The number of nitrogens with zero attached hydrogens (tertiary/aromatic N) is 2. The van der Waals surface area contributed by atoms with E-state index in [1.807, 2.05) is 0 Å². The van der Waals surface area contributed by atoms with Gasteiger partial charge < -0.3 is 14.8 Å². The average molecular weight is 301 g/mol. The molecule has 3 atom stereocenters. The third kappa shape index (κ3) is 7.97. The minimum Gasteiger partial charge on any atom is -0.481 e. The van der Waals surface area contributed by atoms with E-state index >= 15 is 0 Å². The summed E-state index contributed by atoms with van der Waals surface area (Å²) in [5.74, 6) is -2.09. The van der Waals surface area contributed by atoms with Gasteiger partial charge in [0.15, 0.2) is 0 Å². The molecule has 0 aliphatic rings. The highest BCUT2D eigenvalue weighted by atomic mass is 35.5. The molecule has 0 fully saturated rings. The van der Waals surface area contributed by atoms with Crippen molar-refractivity contribution in [2.45, 2.75) is 31.2 Å². The Bertz CT molecular complexity index is 337. The molecule has 10 nitrogen and oxygen atoms in total. The van der Waals surface area contributed by atoms with Gasteiger partial charge in [0.1, 0.15) is 12.7 Å². The number of carbonyl (C=O) groups is 1. The second-order valence-electron chi connectivity index (χ2n) is 3.67. The first-order valence-electron chi connectivity index (χ1n) is 5.19. The Morgan fingerprint density at radius 1 is 1.32 bits per heavy atom. The molecule has 0 heterocycles. The van der Waals surface area contributed by atoms with Crippen molar-refractivity contribution in [1.29, 1.82) is 0 Å². The van der Waals surface area contributed by atoms with Crippen LogP contribution in [-0.4, -0.2) is 39.3 Å². The lowest BCUT2D eigenvalue weighted by Gasteiger charge is -2.18. The molecule has 2 unspecified atom stereocenters. The van der Waals surface area contributed by atoms with Gasteiger partial charge in [-0.15, -0.1) is 31.8 Å². The summed E-state index contributed by atoms with van der Waals surface area (Å²) >= 11 is 5.66. The van der Waals surface area contributed by atoms with Gasteiger partial charge in [0, 0.05) is 5.38 Å². The number of hydrogen-bond donors (Lipinski definition) is 1. The molecule has 0 amide bonds. The number of alkyl halides is 1. The fraction of sp³-hybridized carbons (Fsp3) is 0.875. The summed E-state index contributed by atoms with van der Waals surface area (Å²) < 4.78 is 0. The van der Waals surface area contributed by atoms with Gasteiger partial charge in [0.05, 0.1) is 5.92 Å². The van der Waals surface area contributed by atoms with Crippen molar-refractivity contribution in [1.82, 2.24) is 0 Å². The highest BCUT2D eigenvalue weighted by molar-refractivity contribution is 6.21. The standard InChI is InChI=1S/C8H13ClN2O8/c1-5(9)7(8(12)13)3-2-6(19-11(16)17)4-18-10(14)15/h5-7H,2-4H2,1H3,(H,12,13)/t5?,6-,7?/m1/s1. The van der Waals surface area contributed by atoms with E-state index in [-0.39, 0.29) is 12.8 Å². The molecule has 110 valence electrons. The lowest BCUT2D eigenvalue weighted by atomic mass is 9.98. The summed E-state index contributed by atoms with van der Waals surface area (Å²) in [6.07, 6.45) is -1.36. The number of hydrogen-bond acceptors (Lipinski definition) is 7. The highest BCUT2D eigenvalue weighted by Gasteiger charge is 2.25.